The maximum Gasteiger partial charge on any atom is 0.319 e. The number of aliphatic hydroxyl groups excluding tert-OH is 1. The average Bonchev–Trinajstić information content (AvgIpc) is 2.45. The molecule has 0 aromatic heterocycles. The highest BCUT2D eigenvalue weighted by Gasteiger charge is 2.27. The van der Waals surface area contributed by atoms with Crippen molar-refractivity contribution in [2.24, 2.45) is 0 Å². The number of carbonyl (C=O) groups excluding carboxylic acids is 1. The van der Waals surface area contributed by atoms with Crippen molar-refractivity contribution in [3.63, 3.8) is 0 Å². The first-order valence-electron chi connectivity index (χ1n) is 6.88. The van der Waals surface area contributed by atoms with Crippen molar-refractivity contribution in [1.29, 1.82) is 0 Å². The van der Waals surface area contributed by atoms with Gasteiger partial charge in [-0.3, -0.25) is 0 Å². The summed E-state index contributed by atoms with van der Waals surface area (Å²) >= 11 is 0. The van der Waals surface area contributed by atoms with Crippen molar-refractivity contribution in [2.45, 2.75) is 45.6 Å². The van der Waals surface area contributed by atoms with Gasteiger partial charge in [0, 0.05) is 5.69 Å². The molecule has 0 saturated heterocycles. The van der Waals surface area contributed by atoms with E-state index < -0.39 is 5.54 Å². The number of aliphatic hydroxyl groups is 1. The first kappa shape index (κ1) is 15.5. The molecule has 106 valence electrons. The fraction of sp³-hybridized carbons (Fsp3) is 0.533. The SMILES string of the molecule is CCc1ccccc1NC(=O)NC(CC)(CC)CO. The van der Waals surface area contributed by atoms with Crippen molar-refractivity contribution in [3.8, 4) is 0 Å². The number of benzene rings is 1. The summed E-state index contributed by atoms with van der Waals surface area (Å²) in [5.41, 5.74) is 1.38. The van der Waals surface area contributed by atoms with Crippen LogP contribution in [0.5, 0.6) is 0 Å². The Hall–Kier alpha value is -1.55. The molecule has 0 heterocycles. The first-order valence-corrected chi connectivity index (χ1v) is 6.88. The lowest BCUT2D eigenvalue weighted by molar-refractivity contribution is 0.155. The molecule has 0 fully saturated rings. The molecule has 0 atom stereocenters. The predicted octanol–water partition coefficient (Wildman–Crippen LogP) is 2.92. The molecule has 0 aliphatic heterocycles. The van der Waals surface area contributed by atoms with Gasteiger partial charge >= 0.3 is 6.03 Å². The Morgan fingerprint density at radius 3 is 2.37 bits per heavy atom. The summed E-state index contributed by atoms with van der Waals surface area (Å²) in [6.45, 7) is 5.91. The molecule has 1 rings (SSSR count). The molecule has 19 heavy (non-hydrogen) atoms. The zero-order chi connectivity index (χ0) is 14.3. The summed E-state index contributed by atoms with van der Waals surface area (Å²) < 4.78 is 0. The number of para-hydroxylation sites is 1. The quantitative estimate of drug-likeness (QED) is 0.740. The Kier molecular flexibility index (Phi) is 5.83. The van der Waals surface area contributed by atoms with Crippen LogP contribution < -0.4 is 10.6 Å². The minimum absolute atomic E-state index is 0.0527. The second-order valence-electron chi connectivity index (χ2n) is 4.74. The van der Waals surface area contributed by atoms with Crippen molar-refractivity contribution in [3.05, 3.63) is 29.8 Å². The van der Waals surface area contributed by atoms with Gasteiger partial charge in [-0.1, -0.05) is 39.0 Å². The van der Waals surface area contributed by atoms with Crippen LogP contribution in [0.3, 0.4) is 0 Å². The second-order valence-corrected chi connectivity index (χ2v) is 4.74. The van der Waals surface area contributed by atoms with Crippen LogP contribution >= 0.6 is 0 Å². The third-order valence-corrected chi connectivity index (χ3v) is 3.68. The van der Waals surface area contributed by atoms with E-state index in [0.29, 0.717) is 12.8 Å². The van der Waals surface area contributed by atoms with E-state index in [0.717, 1.165) is 17.7 Å². The number of anilines is 1. The molecule has 4 heteroatoms. The van der Waals surface area contributed by atoms with Crippen molar-refractivity contribution < 1.29 is 9.90 Å². The van der Waals surface area contributed by atoms with Gasteiger partial charge in [-0.15, -0.1) is 0 Å². The van der Waals surface area contributed by atoms with Gasteiger partial charge in [-0.25, -0.2) is 4.79 Å². The molecule has 0 radical (unpaired) electrons. The summed E-state index contributed by atoms with van der Waals surface area (Å²) in [6, 6.07) is 7.47. The molecule has 3 N–H and O–H groups in total. The molecule has 0 spiro atoms. The molecule has 0 bridgehead atoms. The Morgan fingerprint density at radius 1 is 1.21 bits per heavy atom. The summed E-state index contributed by atoms with van der Waals surface area (Å²) in [5, 5.41) is 15.2. The van der Waals surface area contributed by atoms with Crippen molar-refractivity contribution in [2.75, 3.05) is 11.9 Å². The molecule has 2 amide bonds. The molecule has 0 aliphatic carbocycles. The molecular weight excluding hydrogens is 240 g/mol. The van der Waals surface area contributed by atoms with E-state index in [1.54, 1.807) is 0 Å². The van der Waals surface area contributed by atoms with Gasteiger partial charge in [0.1, 0.15) is 0 Å². The Morgan fingerprint density at radius 2 is 1.84 bits per heavy atom. The summed E-state index contributed by atoms with van der Waals surface area (Å²) in [5.74, 6) is 0. The largest absolute Gasteiger partial charge is 0.394 e. The number of nitrogens with one attached hydrogen (secondary N) is 2. The number of urea groups is 1. The topological polar surface area (TPSA) is 61.4 Å². The molecular formula is C15H24N2O2. The van der Waals surface area contributed by atoms with Gasteiger partial charge in [0.05, 0.1) is 12.1 Å². The fourth-order valence-electron chi connectivity index (χ4n) is 2.03. The maximum absolute atomic E-state index is 12.0. The zero-order valence-corrected chi connectivity index (χ0v) is 12.0. The third kappa shape index (κ3) is 3.96. The minimum Gasteiger partial charge on any atom is -0.394 e. The van der Waals surface area contributed by atoms with Crippen LogP contribution in [-0.2, 0) is 6.42 Å². The van der Waals surface area contributed by atoms with E-state index in [-0.39, 0.29) is 12.6 Å². The van der Waals surface area contributed by atoms with Crippen LogP contribution in [-0.4, -0.2) is 23.3 Å². The highest BCUT2D eigenvalue weighted by atomic mass is 16.3. The molecule has 0 saturated carbocycles. The van der Waals surface area contributed by atoms with E-state index >= 15 is 0 Å². The molecule has 4 nitrogen and oxygen atoms in total. The number of hydrogen-bond acceptors (Lipinski definition) is 2. The normalized spacial score (nSPS) is 11.2. The molecule has 1 aromatic carbocycles. The Labute approximate surface area is 115 Å². The van der Waals surface area contributed by atoms with Crippen molar-refractivity contribution >= 4 is 11.7 Å². The van der Waals surface area contributed by atoms with Gasteiger partial charge in [-0.05, 0) is 30.9 Å². The second kappa shape index (κ2) is 7.14. The van der Waals surface area contributed by atoms with Gasteiger partial charge in [0.15, 0.2) is 0 Å². The van der Waals surface area contributed by atoms with Crippen LogP contribution in [0.25, 0.3) is 0 Å². The van der Waals surface area contributed by atoms with Crippen LogP contribution in [0, 0.1) is 0 Å². The lowest BCUT2D eigenvalue weighted by Gasteiger charge is -2.30. The monoisotopic (exact) mass is 264 g/mol. The fourth-order valence-corrected chi connectivity index (χ4v) is 2.03. The van der Waals surface area contributed by atoms with E-state index in [2.05, 4.69) is 17.6 Å². The van der Waals surface area contributed by atoms with Gasteiger partial charge in [-0.2, -0.15) is 0 Å². The predicted molar refractivity (Wildman–Crippen MR) is 78.4 cm³/mol. The minimum atomic E-state index is -0.536. The van der Waals surface area contributed by atoms with Gasteiger partial charge in [0.25, 0.3) is 0 Å². The van der Waals surface area contributed by atoms with Crippen LogP contribution in [0.15, 0.2) is 24.3 Å². The lowest BCUT2D eigenvalue weighted by atomic mass is 9.94. The van der Waals surface area contributed by atoms with Crippen LogP contribution in [0.4, 0.5) is 10.5 Å². The number of aryl methyl sites for hydroxylation is 1. The maximum atomic E-state index is 12.0. The average molecular weight is 264 g/mol. The number of amides is 2. The number of carbonyl (C=O) groups is 1. The zero-order valence-electron chi connectivity index (χ0n) is 12.0. The standard InChI is InChI=1S/C15H24N2O2/c1-4-12-9-7-8-10-13(12)16-14(19)17-15(5-2,6-3)11-18/h7-10,18H,4-6,11H2,1-3H3,(H2,16,17,19). The highest BCUT2D eigenvalue weighted by Crippen LogP contribution is 2.17. The number of rotatable bonds is 6. The van der Waals surface area contributed by atoms with E-state index in [9.17, 15) is 9.90 Å². The Balaban J connectivity index is 2.74. The van der Waals surface area contributed by atoms with Gasteiger partial charge in [0.2, 0.25) is 0 Å². The van der Waals surface area contributed by atoms with Crippen LogP contribution in [0.1, 0.15) is 39.2 Å². The van der Waals surface area contributed by atoms with Crippen LogP contribution in [0.2, 0.25) is 0 Å². The third-order valence-electron chi connectivity index (χ3n) is 3.68. The van der Waals surface area contributed by atoms with E-state index in [4.69, 9.17) is 0 Å². The van der Waals surface area contributed by atoms with E-state index in [1.165, 1.54) is 0 Å². The summed E-state index contributed by atoms with van der Waals surface area (Å²) in [6.07, 6.45) is 2.26. The smallest absolute Gasteiger partial charge is 0.319 e. The summed E-state index contributed by atoms with van der Waals surface area (Å²) in [4.78, 5) is 12.0. The first-order chi connectivity index (χ1) is 9.10. The van der Waals surface area contributed by atoms with Gasteiger partial charge < -0.3 is 15.7 Å². The van der Waals surface area contributed by atoms with E-state index in [1.807, 2.05) is 38.1 Å². The highest BCUT2D eigenvalue weighted by molar-refractivity contribution is 5.90. The molecule has 0 unspecified atom stereocenters. The molecule has 0 aliphatic rings. The molecule has 1 aromatic rings. The lowest BCUT2D eigenvalue weighted by Crippen LogP contribution is -2.52. The Bertz CT molecular complexity index is 406. The van der Waals surface area contributed by atoms with Crippen molar-refractivity contribution in [1.82, 2.24) is 5.32 Å². The number of hydrogen-bond donors (Lipinski definition) is 3. The summed E-state index contributed by atoms with van der Waals surface area (Å²) in [7, 11) is 0.